The van der Waals surface area contributed by atoms with Gasteiger partial charge in [0.25, 0.3) is 0 Å². The van der Waals surface area contributed by atoms with Crippen LogP contribution in [-0.4, -0.2) is 96.7 Å². The maximum atomic E-state index is 13.1. The zero-order chi connectivity index (χ0) is 68.4. The SMILES string of the molecule is CCCCCCCCCCCCCCC(=O)OC[C@H](COP(=O)(O)OC[C@@H](O)COP(=O)(O)OC[C@@H](COC(=O)CCCCCCCCCC)OC(=O)CCCCCCCCCCCCCC)OC(=O)CCCCCCCCCCCCCCCCCCCCC(C)C. The molecule has 0 aromatic carbocycles. The third-order valence-corrected chi connectivity index (χ3v) is 19.2. The standard InChI is InChI=1S/C74H144O17P2/c1-6-9-12-15-18-21-23-34-38-43-48-53-58-72(77)85-64-70(91-74(79)60-55-50-45-40-36-32-30-28-26-25-27-29-31-33-37-41-46-51-56-67(4)5)66-89-93(82,83)87-62-68(75)61-86-92(80,81)88-65-69(63-84-71(76)57-52-47-42-20-17-14-11-8-3)90-73(78)59-54-49-44-39-35-24-22-19-16-13-10-7-2/h67-70,75H,6-66H2,1-5H3,(H,80,81)(H,82,83)/t68-,69+,70+/m0/s1. The van der Waals surface area contributed by atoms with Crippen molar-refractivity contribution in [3.05, 3.63) is 0 Å². The van der Waals surface area contributed by atoms with Gasteiger partial charge in [-0.05, 0) is 31.6 Å². The van der Waals surface area contributed by atoms with E-state index in [9.17, 15) is 43.2 Å². The van der Waals surface area contributed by atoms with Crippen LogP contribution in [0.25, 0.3) is 0 Å². The number of hydrogen-bond donors (Lipinski definition) is 3. The molecule has 552 valence electrons. The molecule has 19 heteroatoms. The molecule has 0 bridgehead atoms. The van der Waals surface area contributed by atoms with Crippen LogP contribution in [0.5, 0.6) is 0 Å². The van der Waals surface area contributed by atoms with Crippen LogP contribution in [0.1, 0.15) is 388 Å². The summed E-state index contributed by atoms with van der Waals surface area (Å²) in [4.78, 5) is 72.6. The maximum absolute atomic E-state index is 13.1. The van der Waals surface area contributed by atoms with Crippen molar-refractivity contribution in [3.63, 3.8) is 0 Å². The highest BCUT2D eigenvalue weighted by atomic mass is 31.2. The fraction of sp³-hybridized carbons (Fsp3) is 0.946. The van der Waals surface area contributed by atoms with E-state index in [1.807, 2.05) is 0 Å². The number of esters is 4. The minimum atomic E-state index is -4.95. The van der Waals surface area contributed by atoms with Crippen LogP contribution in [0.2, 0.25) is 0 Å². The molecule has 0 saturated carbocycles. The number of phosphoric ester groups is 2. The third-order valence-electron chi connectivity index (χ3n) is 17.3. The second kappa shape index (κ2) is 67.3. The molecule has 0 amide bonds. The molecule has 0 aliphatic rings. The van der Waals surface area contributed by atoms with Gasteiger partial charge < -0.3 is 33.8 Å². The Balaban J connectivity index is 5.16. The van der Waals surface area contributed by atoms with E-state index in [0.29, 0.717) is 25.7 Å². The number of carbonyl (C=O) groups is 4. The first-order chi connectivity index (χ1) is 45.0. The van der Waals surface area contributed by atoms with Gasteiger partial charge in [-0.25, -0.2) is 9.13 Å². The lowest BCUT2D eigenvalue weighted by atomic mass is 10.0. The summed E-state index contributed by atoms with van der Waals surface area (Å²) in [5.74, 6) is -1.30. The lowest BCUT2D eigenvalue weighted by molar-refractivity contribution is -0.161. The number of hydrogen-bond acceptors (Lipinski definition) is 15. The summed E-state index contributed by atoms with van der Waals surface area (Å²) in [5, 5.41) is 10.6. The molecule has 5 atom stereocenters. The topological polar surface area (TPSA) is 237 Å². The van der Waals surface area contributed by atoms with Crippen molar-refractivity contribution in [2.24, 2.45) is 5.92 Å². The molecule has 3 N–H and O–H groups in total. The van der Waals surface area contributed by atoms with E-state index in [-0.39, 0.29) is 25.7 Å². The molecule has 0 aliphatic heterocycles. The van der Waals surface area contributed by atoms with Crippen LogP contribution in [0, 0.1) is 5.92 Å². The molecule has 0 heterocycles. The maximum Gasteiger partial charge on any atom is 0.472 e. The zero-order valence-electron chi connectivity index (χ0n) is 60.4. The molecule has 0 radical (unpaired) electrons. The number of unbranched alkanes of at least 4 members (excludes halogenated alkanes) is 46. The number of carbonyl (C=O) groups excluding carboxylic acids is 4. The van der Waals surface area contributed by atoms with Crippen molar-refractivity contribution in [1.82, 2.24) is 0 Å². The van der Waals surface area contributed by atoms with Crippen molar-refractivity contribution in [2.75, 3.05) is 39.6 Å². The highest BCUT2D eigenvalue weighted by Crippen LogP contribution is 2.45. The Bertz CT molecular complexity index is 1790. The van der Waals surface area contributed by atoms with Gasteiger partial charge in [0.2, 0.25) is 0 Å². The minimum Gasteiger partial charge on any atom is -0.462 e. The summed E-state index contributed by atoms with van der Waals surface area (Å²) in [5.41, 5.74) is 0. The summed E-state index contributed by atoms with van der Waals surface area (Å²) in [6, 6.07) is 0. The Morgan fingerprint density at radius 1 is 0.290 bits per heavy atom. The van der Waals surface area contributed by atoms with Gasteiger partial charge in [-0.1, -0.05) is 336 Å². The zero-order valence-corrected chi connectivity index (χ0v) is 62.2. The second-order valence-corrected chi connectivity index (χ2v) is 30.1. The second-order valence-electron chi connectivity index (χ2n) is 27.2. The molecule has 0 rings (SSSR count). The largest absolute Gasteiger partial charge is 0.472 e. The Hall–Kier alpha value is -1.94. The first-order valence-electron chi connectivity index (χ1n) is 38.6. The molecule has 17 nitrogen and oxygen atoms in total. The quantitative estimate of drug-likeness (QED) is 0.0222. The first kappa shape index (κ1) is 91.1. The number of aliphatic hydroxyl groups excluding tert-OH is 1. The van der Waals surface area contributed by atoms with Crippen LogP contribution in [0.15, 0.2) is 0 Å². The van der Waals surface area contributed by atoms with Crippen molar-refractivity contribution >= 4 is 39.5 Å². The highest BCUT2D eigenvalue weighted by molar-refractivity contribution is 7.47. The molecule has 0 aromatic heterocycles. The van der Waals surface area contributed by atoms with Crippen LogP contribution < -0.4 is 0 Å². The summed E-state index contributed by atoms with van der Waals surface area (Å²) in [6.45, 7) is 7.29. The van der Waals surface area contributed by atoms with Crippen molar-refractivity contribution < 1.29 is 80.2 Å². The Morgan fingerprint density at radius 3 is 0.731 bits per heavy atom. The van der Waals surface area contributed by atoms with Gasteiger partial charge >= 0.3 is 39.5 Å². The average Bonchev–Trinajstić information content (AvgIpc) is 3.27. The number of rotatable bonds is 74. The van der Waals surface area contributed by atoms with Gasteiger partial charge in [-0.2, -0.15) is 0 Å². The molecular weight excluding hydrogens is 1220 g/mol. The van der Waals surface area contributed by atoms with Gasteiger partial charge in [-0.3, -0.25) is 37.3 Å². The van der Waals surface area contributed by atoms with Gasteiger partial charge in [0.1, 0.15) is 19.3 Å². The fourth-order valence-electron chi connectivity index (χ4n) is 11.4. The van der Waals surface area contributed by atoms with Gasteiger partial charge in [-0.15, -0.1) is 0 Å². The number of aliphatic hydroxyl groups is 1. The Morgan fingerprint density at radius 2 is 0.495 bits per heavy atom. The lowest BCUT2D eigenvalue weighted by Crippen LogP contribution is -2.30. The smallest absolute Gasteiger partial charge is 0.462 e. The first-order valence-corrected chi connectivity index (χ1v) is 41.6. The van der Waals surface area contributed by atoms with Gasteiger partial charge in [0.05, 0.1) is 26.4 Å². The normalized spacial score (nSPS) is 14.0. The molecular formula is C74H144O17P2. The van der Waals surface area contributed by atoms with E-state index in [4.69, 9.17) is 37.0 Å². The highest BCUT2D eigenvalue weighted by Gasteiger charge is 2.30. The number of phosphoric acid groups is 2. The third kappa shape index (κ3) is 68.4. The lowest BCUT2D eigenvalue weighted by Gasteiger charge is -2.21. The summed E-state index contributed by atoms with van der Waals surface area (Å²) in [7, 11) is -9.90. The van der Waals surface area contributed by atoms with Crippen molar-refractivity contribution in [1.29, 1.82) is 0 Å². The Labute approximate surface area is 568 Å². The average molecular weight is 1370 g/mol. The summed E-state index contributed by atoms with van der Waals surface area (Å²) < 4.78 is 68.3. The molecule has 2 unspecified atom stereocenters. The Kier molecular flexibility index (Phi) is 65.9. The molecule has 93 heavy (non-hydrogen) atoms. The molecule has 0 aromatic rings. The van der Waals surface area contributed by atoms with E-state index in [1.165, 1.54) is 205 Å². The van der Waals surface area contributed by atoms with E-state index in [0.717, 1.165) is 102 Å². The van der Waals surface area contributed by atoms with Crippen molar-refractivity contribution in [2.45, 2.75) is 406 Å². The van der Waals surface area contributed by atoms with Crippen LogP contribution >= 0.6 is 15.6 Å². The van der Waals surface area contributed by atoms with E-state index in [1.54, 1.807) is 0 Å². The van der Waals surface area contributed by atoms with Crippen molar-refractivity contribution in [3.8, 4) is 0 Å². The van der Waals surface area contributed by atoms with Crippen LogP contribution in [0.3, 0.4) is 0 Å². The van der Waals surface area contributed by atoms with E-state index in [2.05, 4.69) is 34.6 Å². The predicted molar refractivity (Wildman–Crippen MR) is 377 cm³/mol. The minimum absolute atomic E-state index is 0.107. The summed E-state index contributed by atoms with van der Waals surface area (Å²) in [6.07, 6.45) is 55.5. The van der Waals surface area contributed by atoms with E-state index < -0.39 is 97.5 Å². The summed E-state index contributed by atoms with van der Waals surface area (Å²) >= 11 is 0. The van der Waals surface area contributed by atoms with Crippen LogP contribution in [-0.2, 0) is 65.4 Å². The molecule has 0 saturated heterocycles. The monoisotopic (exact) mass is 1370 g/mol. The predicted octanol–water partition coefficient (Wildman–Crippen LogP) is 21.7. The number of ether oxygens (including phenoxy) is 4. The fourth-order valence-corrected chi connectivity index (χ4v) is 12.9. The molecule has 0 spiro atoms. The molecule has 0 fully saturated rings. The van der Waals surface area contributed by atoms with Gasteiger partial charge in [0.15, 0.2) is 12.2 Å². The van der Waals surface area contributed by atoms with E-state index >= 15 is 0 Å². The molecule has 0 aliphatic carbocycles. The van der Waals surface area contributed by atoms with Gasteiger partial charge in [0, 0.05) is 25.7 Å². The van der Waals surface area contributed by atoms with Crippen LogP contribution in [0.4, 0.5) is 0 Å².